The number of ether oxygens (including phenoxy) is 1. The highest BCUT2D eigenvalue weighted by Gasteiger charge is 2.22. The van der Waals surface area contributed by atoms with Gasteiger partial charge in [-0.1, -0.05) is 90.4 Å². The van der Waals surface area contributed by atoms with Gasteiger partial charge in [0.15, 0.2) is 5.17 Å². The lowest BCUT2D eigenvalue weighted by Gasteiger charge is -2.18. The predicted octanol–water partition coefficient (Wildman–Crippen LogP) is 7.81. The number of benzene rings is 4. The molecule has 0 radical (unpaired) electrons. The maximum atomic E-state index is 13.0. The molecule has 3 N–H and O–H groups in total. The average molecular weight is 600 g/mol. The topological polar surface area (TPSA) is 92.3 Å². The number of aryl methyl sites for hydroxylation is 2. The Bertz CT molecular complexity index is 1530. The minimum absolute atomic E-state index is 0.0139. The van der Waals surface area contributed by atoms with Gasteiger partial charge in [-0.25, -0.2) is 4.99 Å². The molecule has 0 aliphatic carbocycles. The number of nitrogens with zero attached hydrogens (tertiary/aromatic N) is 3. The van der Waals surface area contributed by atoms with Crippen molar-refractivity contribution in [3.8, 4) is 5.75 Å². The van der Waals surface area contributed by atoms with E-state index in [-0.39, 0.29) is 18.3 Å². The Hall–Kier alpha value is -4.70. The Kier molecular flexibility index (Phi) is 10.9. The van der Waals surface area contributed by atoms with E-state index in [1.165, 1.54) is 17.7 Å². The first-order valence-electron chi connectivity index (χ1n) is 13.6. The number of hydrazone groups is 1. The summed E-state index contributed by atoms with van der Waals surface area (Å²) in [7, 11) is 0. The summed E-state index contributed by atoms with van der Waals surface area (Å²) >= 11 is 1.58. The van der Waals surface area contributed by atoms with Crippen LogP contribution in [0.2, 0.25) is 0 Å². The first-order chi connectivity index (χ1) is 20.7. The van der Waals surface area contributed by atoms with E-state index in [9.17, 15) is 14.2 Å². The summed E-state index contributed by atoms with van der Waals surface area (Å²) in [4.78, 5) is 4.88. The standard InChI is InChI=1S/C33H33F2N6OS/c1-23-8-7-9-24(2)30(23)40-32(43-21-26-10-5-4-6-11-26)41-39-20-25-12-14-27(15-13-25)31(36)38-22-37-28-16-18-29(19-17-28)42-33(3,34)35/h4-20,37H,21-22H2,1-3H3,(H2-,36,38,40,41)/q-1/b39-20+. The Morgan fingerprint density at radius 1 is 0.907 bits per heavy atom. The van der Waals surface area contributed by atoms with Crippen LogP contribution in [0.15, 0.2) is 107 Å². The van der Waals surface area contributed by atoms with Gasteiger partial charge < -0.3 is 20.8 Å². The van der Waals surface area contributed by atoms with Crippen molar-refractivity contribution in [2.75, 3.05) is 12.0 Å². The summed E-state index contributed by atoms with van der Waals surface area (Å²) < 4.78 is 30.5. The molecular formula is C33H33F2N6OS-. The van der Waals surface area contributed by atoms with E-state index >= 15 is 0 Å². The molecule has 0 aliphatic rings. The molecule has 0 aromatic heterocycles. The third-order valence-corrected chi connectivity index (χ3v) is 7.06. The highest BCUT2D eigenvalue weighted by atomic mass is 32.2. The zero-order chi connectivity index (χ0) is 30.7. The van der Waals surface area contributed by atoms with Crippen LogP contribution in [-0.2, 0) is 5.75 Å². The smallest absolute Gasteiger partial charge is 0.394 e. The van der Waals surface area contributed by atoms with Crippen LogP contribution in [0.4, 0.5) is 20.2 Å². The summed E-state index contributed by atoms with van der Waals surface area (Å²) in [5, 5.41) is 21.5. The van der Waals surface area contributed by atoms with Crippen LogP contribution in [0.1, 0.15) is 34.7 Å². The number of amidine groups is 2. The van der Waals surface area contributed by atoms with Gasteiger partial charge in [0.25, 0.3) is 0 Å². The predicted molar refractivity (Wildman–Crippen MR) is 175 cm³/mol. The van der Waals surface area contributed by atoms with E-state index in [2.05, 4.69) is 38.0 Å². The van der Waals surface area contributed by atoms with Crippen LogP contribution in [0, 0.1) is 13.8 Å². The molecule has 10 heteroatoms. The average Bonchev–Trinajstić information content (AvgIpc) is 2.98. The van der Waals surface area contributed by atoms with Crippen molar-refractivity contribution in [3.63, 3.8) is 0 Å². The van der Waals surface area contributed by atoms with E-state index in [1.807, 2.05) is 62.4 Å². The first kappa shape index (κ1) is 31.2. The minimum Gasteiger partial charge on any atom is -0.465 e. The van der Waals surface area contributed by atoms with Crippen molar-refractivity contribution < 1.29 is 13.5 Å². The summed E-state index contributed by atoms with van der Waals surface area (Å²) in [6.45, 7) is 4.98. The van der Waals surface area contributed by atoms with Crippen LogP contribution in [0.25, 0.3) is 5.41 Å². The third-order valence-electron chi connectivity index (χ3n) is 6.13. The Morgan fingerprint density at radius 2 is 1.58 bits per heavy atom. The highest BCUT2D eigenvalue weighted by Crippen LogP contribution is 2.25. The number of rotatable bonds is 11. The van der Waals surface area contributed by atoms with Crippen molar-refractivity contribution in [2.24, 2.45) is 10.1 Å². The molecule has 0 heterocycles. The van der Waals surface area contributed by atoms with E-state index in [0.717, 1.165) is 28.1 Å². The summed E-state index contributed by atoms with van der Waals surface area (Å²) in [5.41, 5.74) is 9.49. The van der Waals surface area contributed by atoms with Gasteiger partial charge in [-0.3, -0.25) is 5.43 Å². The van der Waals surface area contributed by atoms with Crippen LogP contribution in [0.5, 0.6) is 5.75 Å². The molecule has 0 atom stereocenters. The number of aliphatic imine (C=N–C) groups is 1. The number of nitrogens with one attached hydrogen (secondary N) is 3. The molecule has 43 heavy (non-hydrogen) atoms. The second kappa shape index (κ2) is 15.0. The Balaban J connectivity index is 1.32. The number of anilines is 1. The van der Waals surface area contributed by atoms with Gasteiger partial charge in [-0.2, -0.15) is 13.9 Å². The molecular weight excluding hydrogens is 566 g/mol. The van der Waals surface area contributed by atoms with Crippen molar-refractivity contribution in [2.45, 2.75) is 32.6 Å². The minimum atomic E-state index is -3.24. The van der Waals surface area contributed by atoms with Gasteiger partial charge in [-0.05, 0) is 65.9 Å². The van der Waals surface area contributed by atoms with Gasteiger partial charge in [0.2, 0.25) is 0 Å². The summed E-state index contributed by atoms with van der Waals surface area (Å²) in [6, 6.07) is 29.6. The highest BCUT2D eigenvalue weighted by molar-refractivity contribution is 8.13. The molecule has 222 valence electrons. The summed E-state index contributed by atoms with van der Waals surface area (Å²) in [6.07, 6.45) is -1.55. The maximum Gasteiger partial charge on any atom is 0.394 e. The maximum absolute atomic E-state index is 13.0. The van der Waals surface area contributed by atoms with Gasteiger partial charge >= 0.3 is 6.11 Å². The third kappa shape index (κ3) is 10.3. The Morgan fingerprint density at radius 3 is 2.23 bits per heavy atom. The molecule has 0 fully saturated rings. The van der Waals surface area contributed by atoms with E-state index in [1.54, 1.807) is 42.2 Å². The Labute approximate surface area is 255 Å². The van der Waals surface area contributed by atoms with Crippen LogP contribution in [-0.4, -0.2) is 30.0 Å². The van der Waals surface area contributed by atoms with Crippen LogP contribution in [0.3, 0.4) is 0 Å². The van der Waals surface area contributed by atoms with Gasteiger partial charge in [-0.15, -0.1) is 0 Å². The largest absolute Gasteiger partial charge is 0.465 e. The van der Waals surface area contributed by atoms with Crippen molar-refractivity contribution in [1.29, 1.82) is 0 Å². The second-order valence-electron chi connectivity index (χ2n) is 9.74. The van der Waals surface area contributed by atoms with Gasteiger partial charge in [0.05, 0.1) is 11.9 Å². The number of alkyl halides is 2. The van der Waals surface area contributed by atoms with E-state index < -0.39 is 6.11 Å². The first-order valence-corrected chi connectivity index (χ1v) is 14.6. The second-order valence-corrected chi connectivity index (χ2v) is 10.7. The fourth-order valence-electron chi connectivity index (χ4n) is 3.97. The lowest BCUT2D eigenvalue weighted by Crippen LogP contribution is -2.28. The van der Waals surface area contributed by atoms with Gasteiger partial charge in [0, 0.05) is 25.0 Å². The number of halogens is 2. The number of thioether (sulfide) groups is 1. The fourth-order valence-corrected chi connectivity index (χ4v) is 4.74. The molecule has 0 saturated carbocycles. The molecule has 0 amide bonds. The quantitative estimate of drug-likeness (QED) is 0.0708. The van der Waals surface area contributed by atoms with E-state index in [0.29, 0.717) is 23.3 Å². The molecule has 0 unspecified atom stereocenters. The molecule has 4 aromatic carbocycles. The monoisotopic (exact) mass is 599 g/mol. The molecule has 0 aliphatic heterocycles. The summed E-state index contributed by atoms with van der Waals surface area (Å²) in [5.74, 6) is 0.797. The number of hydrogen-bond donors (Lipinski definition) is 3. The SMILES string of the molecule is Cc1cccc(C)c1N=C(N/N=C/c1ccc(C(=[N-])NCNc2ccc(OC(C)(F)F)cc2)cc1)SCc1ccccc1. The lowest BCUT2D eigenvalue weighted by molar-refractivity contribution is -0.158. The molecule has 4 aromatic rings. The zero-order valence-electron chi connectivity index (χ0n) is 24.1. The van der Waals surface area contributed by atoms with Crippen LogP contribution >= 0.6 is 11.8 Å². The number of para-hydroxylation sites is 1. The molecule has 0 spiro atoms. The zero-order valence-corrected chi connectivity index (χ0v) is 25.0. The molecule has 0 saturated heterocycles. The lowest BCUT2D eigenvalue weighted by atomic mass is 10.1. The van der Waals surface area contributed by atoms with Crippen molar-refractivity contribution in [3.05, 3.63) is 130 Å². The fraction of sp³-hybridized carbons (Fsp3) is 0.182. The van der Waals surface area contributed by atoms with Gasteiger partial charge in [0.1, 0.15) is 5.75 Å². The van der Waals surface area contributed by atoms with Crippen LogP contribution < -0.4 is 20.8 Å². The van der Waals surface area contributed by atoms with Crippen molar-refractivity contribution in [1.82, 2.24) is 10.7 Å². The molecule has 4 rings (SSSR count). The van der Waals surface area contributed by atoms with Crippen molar-refractivity contribution >= 4 is 40.4 Å². The molecule has 7 nitrogen and oxygen atoms in total. The molecule has 0 bridgehead atoms. The number of hydrogen-bond acceptors (Lipinski definition) is 5. The normalized spacial score (nSPS) is 11.8. The van der Waals surface area contributed by atoms with E-state index in [4.69, 9.17) is 4.99 Å².